The Kier molecular flexibility index (Phi) is 2.66. The number of benzene rings is 8. The van der Waals surface area contributed by atoms with Crippen LogP contribution in [-0.2, 0) is 0 Å². The van der Waals surface area contributed by atoms with E-state index in [2.05, 4.69) is 0 Å². The van der Waals surface area contributed by atoms with Crippen LogP contribution in [0.5, 0.6) is 17.2 Å². The van der Waals surface area contributed by atoms with E-state index in [1.807, 2.05) is 0 Å². The van der Waals surface area contributed by atoms with Crippen molar-refractivity contribution >= 4 is 39.6 Å². The molecule has 0 spiro atoms. The number of rotatable bonds is 4. The summed E-state index contributed by atoms with van der Waals surface area (Å²) in [5.41, 5.74) is -9.97. The van der Waals surface area contributed by atoms with E-state index >= 15 is 0 Å². The molecule has 0 N–H and O–H groups in total. The van der Waals surface area contributed by atoms with Crippen LogP contribution in [0.25, 0.3) is 72.0 Å². The van der Waals surface area contributed by atoms with Crippen LogP contribution in [0.3, 0.4) is 0 Å². The van der Waals surface area contributed by atoms with Crippen molar-refractivity contribution in [1.82, 2.24) is 4.57 Å². The summed E-state index contributed by atoms with van der Waals surface area (Å²) < 4.78 is 285. The molecule has 1 aromatic heterocycles. The Labute approximate surface area is 344 Å². The molecule has 0 aliphatic carbocycles. The summed E-state index contributed by atoms with van der Waals surface area (Å²) in [5.74, 6) is -2.32. The van der Waals surface area contributed by atoms with Crippen LogP contribution in [0.1, 0.15) is 41.1 Å². The predicted molar refractivity (Wildman–Crippen MR) is 215 cm³/mol. The van der Waals surface area contributed by atoms with Gasteiger partial charge in [0.1, 0.15) is 17.2 Å². The maximum atomic E-state index is 10.3. The largest absolute Gasteiger partial charge is 0.551 e. The second kappa shape index (κ2) is 11.4. The van der Waals surface area contributed by atoms with E-state index in [1.54, 1.807) is 0 Å². The second-order valence-electron chi connectivity index (χ2n) is 11.3. The average Bonchev–Trinajstić information content (AvgIpc) is 1.19. The van der Waals surface area contributed by atoms with Crippen molar-refractivity contribution in [2.24, 2.45) is 0 Å². The van der Waals surface area contributed by atoms with Gasteiger partial charge in [0.25, 0.3) is 0 Å². The minimum Gasteiger partial charge on any atom is -0.551 e. The van der Waals surface area contributed by atoms with Gasteiger partial charge in [-0.1, -0.05) is 133 Å². The Morgan fingerprint density at radius 3 is 1.83 bits per heavy atom. The highest BCUT2D eigenvalue weighted by Gasteiger charge is 2.41. The predicted octanol–water partition coefficient (Wildman–Crippen LogP) is 11.1. The van der Waals surface area contributed by atoms with Crippen LogP contribution in [0, 0.1) is 0 Å². The molecule has 0 atom stereocenters. The number of para-hydroxylation sites is 4. The second-order valence-corrected chi connectivity index (χ2v) is 11.3. The Hall–Kier alpha value is -6.78. The molecule has 0 fully saturated rings. The highest BCUT2D eigenvalue weighted by molar-refractivity contribution is 6.84. The van der Waals surface area contributed by atoms with E-state index in [1.165, 1.54) is 0 Å². The summed E-state index contributed by atoms with van der Waals surface area (Å²) in [6, 6.07) is -29.0. The molecule has 0 amide bonds. The zero-order chi connectivity index (χ0) is 60.3. The Balaban J connectivity index is 1.38. The number of aromatic nitrogens is 1. The molecule has 8 aromatic carbocycles. The maximum absolute atomic E-state index is 10.3. The molecule has 9 aromatic rings. The number of nitrogens with zero attached hydrogens (tertiary/aromatic N) is 1. The first-order valence-corrected chi connectivity index (χ1v) is 15.3. The van der Waals surface area contributed by atoms with Gasteiger partial charge in [0.2, 0.25) is 0 Å². The lowest BCUT2D eigenvalue weighted by Gasteiger charge is -2.33. The molecule has 52 heavy (non-hydrogen) atoms. The van der Waals surface area contributed by atoms with Gasteiger partial charge in [-0.15, -0.1) is 0 Å². The third kappa shape index (κ3) is 4.34. The fourth-order valence-corrected chi connectivity index (χ4v) is 6.37. The first kappa shape index (κ1) is 12.2. The van der Waals surface area contributed by atoms with Gasteiger partial charge in [-0.25, -0.2) is 0 Å². The normalized spacial score (nSPS) is 20.6. The van der Waals surface area contributed by atoms with E-state index in [9.17, 15) is 13.7 Å². The average molecular weight is 694 g/mol. The van der Waals surface area contributed by atoms with E-state index < -0.39 is 288 Å². The first-order valence-electron chi connectivity index (χ1n) is 30.3. The third-order valence-electron chi connectivity index (χ3n) is 8.54. The summed E-state index contributed by atoms with van der Waals surface area (Å²) >= 11 is 0. The lowest BCUT2D eigenvalue weighted by molar-refractivity contribution is 0.479. The molecule has 3 nitrogen and oxygen atoms in total. The molecule has 11 rings (SSSR count). The minimum atomic E-state index is -1.96. The summed E-state index contributed by atoms with van der Waals surface area (Å²) in [6.45, 7) is -1.96. The summed E-state index contributed by atoms with van der Waals surface area (Å²) in [7, 11) is 0. The Morgan fingerprint density at radius 1 is 0.423 bits per heavy atom. The van der Waals surface area contributed by atoms with Gasteiger partial charge in [0.05, 0.1) is 57.8 Å². The smallest absolute Gasteiger partial charge is 0.434 e. The van der Waals surface area contributed by atoms with Crippen molar-refractivity contribution in [3.63, 3.8) is 0 Å². The minimum absolute atomic E-state index is 0.505. The molecule has 2 aliphatic rings. The molecular weight excluding hydrogens is 633 g/mol. The lowest BCUT2D eigenvalue weighted by Crippen LogP contribution is -2.53. The first-order chi connectivity index (χ1) is 38.3. The molecule has 0 radical (unpaired) electrons. The number of hydrogen-bond acceptors (Lipinski definition) is 2. The molecule has 0 bridgehead atoms. The van der Waals surface area contributed by atoms with Crippen LogP contribution in [0.4, 0.5) is 0 Å². The third-order valence-corrected chi connectivity index (χ3v) is 8.54. The summed E-state index contributed by atoms with van der Waals surface area (Å²) in [6.07, 6.45) is 0. The zero-order valence-corrected chi connectivity index (χ0v) is 25.8. The summed E-state index contributed by atoms with van der Waals surface area (Å²) in [5, 5.41) is -1.09. The fourth-order valence-electron chi connectivity index (χ4n) is 6.37. The van der Waals surface area contributed by atoms with Gasteiger partial charge in [0, 0.05) is 32.8 Å². The Morgan fingerprint density at radius 2 is 1.04 bits per heavy atom. The molecule has 4 heteroatoms. The molecule has 242 valence electrons. The van der Waals surface area contributed by atoms with Gasteiger partial charge >= 0.3 is 6.92 Å². The molecule has 0 unspecified atom stereocenters. The lowest BCUT2D eigenvalue weighted by atomic mass is 9.50. The highest BCUT2D eigenvalue weighted by Crippen LogP contribution is 2.45. The van der Waals surface area contributed by atoms with E-state index in [-0.39, 0.29) is 0 Å². The molecule has 0 saturated carbocycles. The van der Waals surface area contributed by atoms with Crippen LogP contribution in [-0.4, -0.2) is 11.5 Å². The standard InChI is InChI=1S/C48H30BNO2/c1-2-14-31(15-3-1)34-16-4-5-17-35(34)32-26-27-45-39(28-32)40-29-33(30-47-48(40)49(52-45)41-21-9-13-25-46(41)51-47)36-18-6-10-22-42(36)50-43-23-11-7-19-37(43)38-20-8-12-24-44(38)50/h1-30H/i1D,2D,3D,4D,5D,6D,7D,8D,9D,10D,11D,12D,13D,14D,15D,16D,17D,18D,19D,20D,21D,22D,23D,24D,25D,26D,27D,28D,29D,30D. The van der Waals surface area contributed by atoms with E-state index in [4.69, 9.17) is 36.8 Å². The van der Waals surface area contributed by atoms with Crippen molar-refractivity contribution in [2.45, 2.75) is 0 Å². The van der Waals surface area contributed by atoms with Crippen LogP contribution < -0.4 is 20.3 Å². The molecule has 0 saturated heterocycles. The quantitative estimate of drug-likeness (QED) is 0.171. The molecular formula is C48H30BNO2. The SMILES string of the molecule is [2H]c1c([2H])c([2H])c(-c2c([2H])c([2H])c([2H])c([2H])c2-c2c([2H])c([2H])c3c(c2[2H])-c2c([2H])c(-c4c([2H])c([2H])c([2H])c([2H])c4-n4c5c([2H])c([2H])c([2H])c([2H])c5c5c([2H])c([2H])c([2H])c([2H])c54)c([2H])c4c2B(O3)c2c([2H])c([2H])c([2H])c([2H])c2O4)c([2H])c1[2H]. The topological polar surface area (TPSA) is 23.4 Å². The zero-order valence-electron chi connectivity index (χ0n) is 55.8. The van der Waals surface area contributed by atoms with E-state index in [0.29, 0.717) is 0 Å². The van der Waals surface area contributed by atoms with Crippen molar-refractivity contribution < 1.29 is 50.5 Å². The monoisotopic (exact) mass is 693 g/mol. The Bertz CT molecular complexity index is 4490. The molecule has 3 heterocycles. The fraction of sp³-hybridized carbons (Fsp3) is 0. The van der Waals surface area contributed by atoms with Crippen molar-refractivity contribution in [3.05, 3.63) is 181 Å². The van der Waals surface area contributed by atoms with Crippen molar-refractivity contribution in [3.8, 4) is 67.4 Å². The van der Waals surface area contributed by atoms with Gasteiger partial charge in [-0.2, -0.15) is 0 Å². The van der Waals surface area contributed by atoms with Crippen molar-refractivity contribution in [2.75, 3.05) is 0 Å². The molecule has 2 aliphatic heterocycles. The van der Waals surface area contributed by atoms with E-state index in [0.717, 1.165) is 4.57 Å². The van der Waals surface area contributed by atoms with Gasteiger partial charge in [-0.3, -0.25) is 0 Å². The van der Waals surface area contributed by atoms with Crippen LogP contribution in [0.15, 0.2) is 181 Å². The van der Waals surface area contributed by atoms with Gasteiger partial charge in [-0.05, 0) is 81.7 Å². The highest BCUT2D eigenvalue weighted by atomic mass is 16.5. The van der Waals surface area contributed by atoms with Crippen LogP contribution in [0.2, 0.25) is 0 Å². The van der Waals surface area contributed by atoms with Crippen LogP contribution >= 0.6 is 0 Å². The van der Waals surface area contributed by atoms with Gasteiger partial charge in [0.15, 0.2) is 0 Å². The number of fused-ring (bicyclic) bond motifs is 7. The van der Waals surface area contributed by atoms with Gasteiger partial charge < -0.3 is 14.0 Å². The van der Waals surface area contributed by atoms with Crippen molar-refractivity contribution in [1.29, 1.82) is 0 Å². The number of hydrogen-bond donors (Lipinski definition) is 0. The summed E-state index contributed by atoms with van der Waals surface area (Å²) in [4.78, 5) is 0. The number of ether oxygens (including phenoxy) is 1. The maximum Gasteiger partial charge on any atom is 0.434 e.